The Morgan fingerprint density at radius 3 is 2.60 bits per heavy atom. The van der Waals surface area contributed by atoms with Crippen LogP contribution in [0.4, 0.5) is 0 Å². The molecule has 1 aromatic carbocycles. The number of benzene rings is 1. The quantitative estimate of drug-likeness (QED) is 0.559. The normalized spacial score (nSPS) is 38.0. The highest BCUT2D eigenvalue weighted by Gasteiger charge is 2.47. The molecular formula is C30H40N2O3. The van der Waals surface area contributed by atoms with Crippen molar-refractivity contribution in [2.45, 2.75) is 69.8 Å². The number of aliphatic hydroxyl groups excluding tert-OH is 3. The predicted octanol–water partition coefficient (Wildman–Crippen LogP) is 4.42. The highest BCUT2D eigenvalue weighted by molar-refractivity contribution is 5.86. The van der Waals surface area contributed by atoms with Crippen LogP contribution >= 0.6 is 0 Å². The highest BCUT2D eigenvalue weighted by atomic mass is 16.3. The van der Waals surface area contributed by atoms with E-state index in [-0.39, 0.29) is 29.2 Å². The topological polar surface area (TPSA) is 76.8 Å². The Morgan fingerprint density at radius 1 is 0.971 bits per heavy atom. The van der Waals surface area contributed by atoms with Crippen LogP contribution in [-0.4, -0.2) is 63.7 Å². The molecule has 2 aromatic rings. The van der Waals surface area contributed by atoms with Crippen molar-refractivity contribution >= 4 is 16.3 Å². The Labute approximate surface area is 209 Å². The number of aromatic nitrogens is 1. The third-order valence-electron chi connectivity index (χ3n) is 9.37. The van der Waals surface area contributed by atoms with Gasteiger partial charge in [-0.3, -0.25) is 4.98 Å². The van der Waals surface area contributed by atoms with Crippen LogP contribution in [0.2, 0.25) is 0 Å². The molecule has 0 saturated heterocycles. The predicted molar refractivity (Wildman–Crippen MR) is 141 cm³/mol. The van der Waals surface area contributed by atoms with E-state index < -0.39 is 18.3 Å². The summed E-state index contributed by atoms with van der Waals surface area (Å²) in [6.45, 7) is 2.31. The molecule has 0 aliphatic heterocycles. The summed E-state index contributed by atoms with van der Waals surface area (Å²) in [5.41, 5.74) is 2.37. The SMILES string of the molecule is CN(C)C1CC2CCC(O)C3CC=C(c4ccc5ccncc5c4)C3(C)CC=CCC2C(O)C1O. The molecule has 5 rings (SSSR count). The Morgan fingerprint density at radius 2 is 1.80 bits per heavy atom. The van der Waals surface area contributed by atoms with E-state index in [0.29, 0.717) is 0 Å². The zero-order valence-corrected chi connectivity index (χ0v) is 21.2. The first-order valence-electron chi connectivity index (χ1n) is 13.2. The smallest absolute Gasteiger partial charge is 0.0956 e. The number of hydrogen-bond donors (Lipinski definition) is 3. The van der Waals surface area contributed by atoms with Gasteiger partial charge in [-0.1, -0.05) is 37.3 Å². The molecule has 188 valence electrons. The van der Waals surface area contributed by atoms with E-state index in [9.17, 15) is 15.3 Å². The van der Waals surface area contributed by atoms with Crippen molar-refractivity contribution in [1.29, 1.82) is 0 Å². The average Bonchev–Trinajstić information content (AvgIpc) is 3.18. The van der Waals surface area contributed by atoms with E-state index in [2.05, 4.69) is 48.3 Å². The molecule has 1 fully saturated rings. The van der Waals surface area contributed by atoms with Gasteiger partial charge in [0.2, 0.25) is 0 Å². The van der Waals surface area contributed by atoms with E-state index >= 15 is 0 Å². The lowest BCUT2D eigenvalue weighted by atomic mass is 9.67. The maximum Gasteiger partial charge on any atom is 0.0956 e. The number of likely N-dealkylation sites (N-methyl/N-ethyl adjacent to an activating group) is 1. The van der Waals surface area contributed by atoms with Crippen LogP contribution in [0.25, 0.3) is 16.3 Å². The molecule has 0 spiro atoms. The molecule has 1 aromatic heterocycles. The van der Waals surface area contributed by atoms with E-state index in [1.165, 1.54) is 16.5 Å². The average molecular weight is 477 g/mol. The van der Waals surface area contributed by atoms with Crippen molar-refractivity contribution in [3.63, 3.8) is 0 Å². The fourth-order valence-electron chi connectivity index (χ4n) is 7.21. The van der Waals surface area contributed by atoms with Gasteiger partial charge in [0.1, 0.15) is 0 Å². The van der Waals surface area contributed by atoms with E-state index in [1.54, 1.807) is 0 Å². The Hall–Kier alpha value is -2.05. The van der Waals surface area contributed by atoms with Crippen molar-refractivity contribution < 1.29 is 15.3 Å². The van der Waals surface area contributed by atoms with Crippen molar-refractivity contribution in [3.05, 3.63) is 60.5 Å². The zero-order valence-electron chi connectivity index (χ0n) is 21.2. The minimum atomic E-state index is -0.736. The molecule has 5 nitrogen and oxygen atoms in total. The summed E-state index contributed by atoms with van der Waals surface area (Å²) >= 11 is 0. The molecule has 1 saturated carbocycles. The van der Waals surface area contributed by atoms with Gasteiger partial charge in [-0.25, -0.2) is 0 Å². The van der Waals surface area contributed by atoms with Gasteiger partial charge < -0.3 is 20.2 Å². The first-order valence-corrected chi connectivity index (χ1v) is 13.2. The third-order valence-corrected chi connectivity index (χ3v) is 9.37. The van der Waals surface area contributed by atoms with Gasteiger partial charge in [0.25, 0.3) is 0 Å². The molecule has 3 aliphatic carbocycles. The summed E-state index contributed by atoms with van der Waals surface area (Å²) < 4.78 is 0. The van der Waals surface area contributed by atoms with Gasteiger partial charge in [0.05, 0.1) is 18.3 Å². The van der Waals surface area contributed by atoms with Gasteiger partial charge in [0.15, 0.2) is 0 Å². The van der Waals surface area contributed by atoms with Crippen molar-refractivity contribution in [2.24, 2.45) is 23.2 Å². The van der Waals surface area contributed by atoms with Gasteiger partial charge in [0, 0.05) is 29.2 Å². The van der Waals surface area contributed by atoms with Crippen LogP contribution in [0.1, 0.15) is 51.0 Å². The standard InChI is InChI=1S/C30H40N2O3/c1-30-14-5-4-6-23-20(17-26(32(2)3)29(35)28(23)34)9-12-27(33)25(30)11-10-24(30)21-8-7-19-13-15-31-18-22(19)16-21/h4-5,7-8,10,13,15-16,18,20,23,25-29,33-35H,6,9,11-12,14,17H2,1-3H3. The number of allylic oxidation sites excluding steroid dienone is 4. The summed E-state index contributed by atoms with van der Waals surface area (Å²) in [5.74, 6) is 0.469. The Balaban J connectivity index is 1.43. The number of nitrogens with zero attached hydrogens (tertiary/aromatic N) is 2. The number of rotatable bonds is 2. The zero-order chi connectivity index (χ0) is 24.7. The fraction of sp³-hybridized carbons (Fsp3) is 0.567. The molecule has 8 unspecified atom stereocenters. The van der Waals surface area contributed by atoms with Crippen molar-refractivity contribution in [3.8, 4) is 0 Å². The number of pyridine rings is 1. The second-order valence-electron chi connectivity index (χ2n) is 11.5. The lowest BCUT2D eigenvalue weighted by molar-refractivity contribution is -0.107. The van der Waals surface area contributed by atoms with E-state index in [4.69, 9.17) is 0 Å². The molecule has 0 radical (unpaired) electrons. The van der Waals surface area contributed by atoms with Crippen LogP contribution < -0.4 is 0 Å². The molecule has 35 heavy (non-hydrogen) atoms. The Bertz CT molecular complexity index is 1110. The second-order valence-corrected chi connectivity index (χ2v) is 11.5. The van der Waals surface area contributed by atoms with Crippen LogP contribution in [0.3, 0.4) is 0 Å². The van der Waals surface area contributed by atoms with Crippen LogP contribution in [-0.2, 0) is 0 Å². The van der Waals surface area contributed by atoms with Gasteiger partial charge in [-0.2, -0.15) is 0 Å². The summed E-state index contributed by atoms with van der Waals surface area (Å²) in [6, 6.07) is 8.59. The number of fused-ring (bicyclic) bond motifs is 3. The summed E-state index contributed by atoms with van der Waals surface area (Å²) in [5, 5.41) is 35.6. The number of aliphatic hydroxyl groups is 3. The molecule has 5 heteroatoms. The molecule has 0 amide bonds. The summed E-state index contributed by atoms with van der Waals surface area (Å²) in [6.07, 6.45) is 13.6. The van der Waals surface area contributed by atoms with E-state index in [0.717, 1.165) is 43.9 Å². The summed E-state index contributed by atoms with van der Waals surface area (Å²) in [4.78, 5) is 6.34. The Kier molecular flexibility index (Phi) is 6.88. The highest BCUT2D eigenvalue weighted by Crippen LogP contribution is 2.54. The minimum Gasteiger partial charge on any atom is -0.393 e. The monoisotopic (exact) mass is 476 g/mol. The van der Waals surface area contributed by atoms with Crippen LogP contribution in [0.5, 0.6) is 0 Å². The number of hydrogen-bond acceptors (Lipinski definition) is 5. The maximum absolute atomic E-state index is 11.5. The molecule has 3 N–H and O–H groups in total. The third kappa shape index (κ3) is 4.48. The molecule has 3 aliphatic rings. The van der Waals surface area contributed by atoms with Crippen LogP contribution in [0, 0.1) is 23.2 Å². The summed E-state index contributed by atoms with van der Waals surface area (Å²) in [7, 11) is 3.95. The first-order chi connectivity index (χ1) is 16.8. The van der Waals surface area contributed by atoms with Crippen LogP contribution in [0.15, 0.2) is 54.9 Å². The molecular weight excluding hydrogens is 436 g/mol. The van der Waals surface area contributed by atoms with Gasteiger partial charge >= 0.3 is 0 Å². The van der Waals surface area contributed by atoms with Gasteiger partial charge in [-0.05, 0) is 99.0 Å². The lowest BCUT2D eigenvalue weighted by Crippen LogP contribution is -2.55. The largest absolute Gasteiger partial charge is 0.393 e. The molecule has 8 atom stereocenters. The lowest BCUT2D eigenvalue weighted by Gasteiger charge is -2.45. The molecule has 1 heterocycles. The second kappa shape index (κ2) is 9.78. The van der Waals surface area contributed by atoms with Gasteiger partial charge in [-0.15, -0.1) is 0 Å². The fourth-order valence-corrected chi connectivity index (χ4v) is 7.21. The minimum absolute atomic E-state index is 0.0263. The first kappa shape index (κ1) is 24.6. The van der Waals surface area contributed by atoms with Crippen molar-refractivity contribution in [1.82, 2.24) is 9.88 Å². The molecule has 0 bridgehead atoms. The van der Waals surface area contributed by atoms with E-state index in [1.807, 2.05) is 37.5 Å². The van der Waals surface area contributed by atoms with Crippen molar-refractivity contribution in [2.75, 3.05) is 14.1 Å². The maximum atomic E-state index is 11.5.